The lowest BCUT2D eigenvalue weighted by Crippen LogP contribution is -2.34. The van der Waals surface area contributed by atoms with E-state index in [1.165, 1.54) is 24.3 Å². The van der Waals surface area contributed by atoms with Crippen LogP contribution >= 0.6 is 0 Å². The fraction of sp³-hybridized carbons (Fsp3) is 0.357. The van der Waals surface area contributed by atoms with E-state index < -0.39 is 10.8 Å². The van der Waals surface area contributed by atoms with Crippen molar-refractivity contribution in [3.63, 3.8) is 0 Å². The molecule has 9 nitrogen and oxygen atoms in total. The molecule has 0 aliphatic heterocycles. The van der Waals surface area contributed by atoms with E-state index in [4.69, 9.17) is 4.84 Å². The first-order chi connectivity index (χ1) is 10.9. The Balaban J connectivity index is 2.40. The zero-order chi connectivity index (χ0) is 17.2. The molecule has 0 aliphatic rings. The van der Waals surface area contributed by atoms with Gasteiger partial charge in [-0.3, -0.25) is 19.7 Å². The van der Waals surface area contributed by atoms with E-state index in [2.05, 4.69) is 15.8 Å². The van der Waals surface area contributed by atoms with E-state index in [9.17, 15) is 19.7 Å². The number of nitrogens with one attached hydrogen (secondary N) is 2. The number of hydrogen-bond acceptors (Lipinski definition) is 6. The minimum absolute atomic E-state index is 0.0345. The summed E-state index contributed by atoms with van der Waals surface area (Å²) in [4.78, 5) is 37.7. The van der Waals surface area contributed by atoms with Gasteiger partial charge < -0.3 is 15.5 Å². The third kappa shape index (κ3) is 7.02. The van der Waals surface area contributed by atoms with E-state index in [1.807, 2.05) is 13.8 Å². The van der Waals surface area contributed by atoms with Gasteiger partial charge in [0.05, 0.1) is 4.92 Å². The second-order valence-electron chi connectivity index (χ2n) is 4.68. The van der Waals surface area contributed by atoms with E-state index in [-0.39, 0.29) is 29.9 Å². The summed E-state index contributed by atoms with van der Waals surface area (Å²) >= 11 is 0. The maximum Gasteiger partial charge on any atom is 0.271 e. The van der Waals surface area contributed by atoms with Crippen LogP contribution in [-0.4, -0.2) is 35.6 Å². The van der Waals surface area contributed by atoms with Crippen LogP contribution in [0.25, 0.3) is 0 Å². The standard InChI is InChI=1S/C14H18N4O5/c1-3-10(2)16-14(20)9-23-15-8-13(19)17-11-5-4-6-12(7-11)18(21)22/h4-8,10H,3,9H2,1-2H3,(H,16,20)(H,17,19)/b15-8-/t10-/m0/s1. The Morgan fingerprint density at radius 1 is 1.48 bits per heavy atom. The second kappa shape index (κ2) is 9.13. The van der Waals surface area contributed by atoms with Crippen molar-refractivity contribution in [3.05, 3.63) is 34.4 Å². The van der Waals surface area contributed by atoms with Crippen molar-refractivity contribution in [2.24, 2.45) is 5.16 Å². The molecule has 0 spiro atoms. The van der Waals surface area contributed by atoms with Crippen LogP contribution in [-0.2, 0) is 14.4 Å². The third-order valence-electron chi connectivity index (χ3n) is 2.78. The van der Waals surface area contributed by atoms with E-state index in [0.29, 0.717) is 0 Å². The molecule has 1 atom stereocenters. The summed E-state index contributed by atoms with van der Waals surface area (Å²) < 4.78 is 0. The molecule has 1 rings (SSSR count). The molecule has 0 radical (unpaired) electrons. The Hall–Kier alpha value is -2.97. The molecular formula is C14H18N4O5. The lowest BCUT2D eigenvalue weighted by molar-refractivity contribution is -0.384. The van der Waals surface area contributed by atoms with Gasteiger partial charge in [0, 0.05) is 23.9 Å². The SMILES string of the molecule is CC[C@H](C)NC(=O)CO/N=C\C(=O)Nc1cccc([N+](=O)[O-])c1. The van der Waals surface area contributed by atoms with Crippen LogP contribution in [0.15, 0.2) is 29.4 Å². The molecule has 0 unspecified atom stereocenters. The highest BCUT2D eigenvalue weighted by atomic mass is 16.6. The number of rotatable bonds is 8. The fourth-order valence-electron chi connectivity index (χ4n) is 1.47. The third-order valence-corrected chi connectivity index (χ3v) is 2.78. The Morgan fingerprint density at radius 2 is 2.22 bits per heavy atom. The molecule has 0 heterocycles. The van der Waals surface area contributed by atoms with Gasteiger partial charge in [0.1, 0.15) is 6.21 Å². The molecule has 2 amide bonds. The van der Waals surface area contributed by atoms with Gasteiger partial charge in [-0.15, -0.1) is 0 Å². The molecule has 124 valence electrons. The summed E-state index contributed by atoms with van der Waals surface area (Å²) in [6, 6.07) is 5.50. The van der Waals surface area contributed by atoms with Crippen LogP contribution < -0.4 is 10.6 Å². The van der Waals surface area contributed by atoms with Crippen molar-refractivity contribution in [2.75, 3.05) is 11.9 Å². The van der Waals surface area contributed by atoms with Crippen LogP contribution in [0.4, 0.5) is 11.4 Å². The summed E-state index contributed by atoms with van der Waals surface area (Å²) in [5.74, 6) is -0.969. The molecule has 0 aliphatic carbocycles. The first-order valence-electron chi connectivity index (χ1n) is 6.92. The molecule has 23 heavy (non-hydrogen) atoms. The van der Waals surface area contributed by atoms with Crippen molar-refractivity contribution in [3.8, 4) is 0 Å². The largest absolute Gasteiger partial charge is 0.386 e. The molecule has 0 saturated carbocycles. The topological polar surface area (TPSA) is 123 Å². The quantitative estimate of drug-likeness (QED) is 0.426. The molecule has 0 saturated heterocycles. The van der Waals surface area contributed by atoms with Crippen molar-refractivity contribution < 1.29 is 19.3 Å². The number of anilines is 1. The Kier molecular flexibility index (Phi) is 7.18. The first kappa shape index (κ1) is 18.1. The predicted octanol–water partition coefficient (Wildman–Crippen LogP) is 1.45. The minimum atomic E-state index is -0.632. The number of oxime groups is 1. The van der Waals surface area contributed by atoms with E-state index in [1.54, 1.807) is 0 Å². The van der Waals surface area contributed by atoms with Crippen molar-refractivity contribution in [1.82, 2.24) is 5.32 Å². The average Bonchev–Trinajstić information content (AvgIpc) is 2.51. The number of carbonyl (C=O) groups is 2. The van der Waals surface area contributed by atoms with Gasteiger partial charge in [0.25, 0.3) is 17.5 Å². The van der Waals surface area contributed by atoms with E-state index >= 15 is 0 Å². The number of nitrogens with zero attached hydrogens (tertiary/aromatic N) is 2. The Bertz CT molecular complexity index is 603. The summed E-state index contributed by atoms with van der Waals surface area (Å²) in [6.07, 6.45) is 1.63. The summed E-state index contributed by atoms with van der Waals surface area (Å²) in [7, 11) is 0. The highest BCUT2D eigenvalue weighted by molar-refractivity contribution is 6.31. The van der Waals surface area contributed by atoms with Crippen molar-refractivity contribution in [2.45, 2.75) is 26.3 Å². The van der Waals surface area contributed by atoms with Crippen molar-refractivity contribution >= 4 is 29.4 Å². The number of benzene rings is 1. The zero-order valence-corrected chi connectivity index (χ0v) is 12.8. The van der Waals surface area contributed by atoms with Gasteiger partial charge in [-0.2, -0.15) is 0 Å². The van der Waals surface area contributed by atoms with Gasteiger partial charge in [-0.05, 0) is 19.4 Å². The molecule has 1 aromatic carbocycles. The lowest BCUT2D eigenvalue weighted by Gasteiger charge is -2.09. The number of amides is 2. The summed E-state index contributed by atoms with van der Waals surface area (Å²) in [6.45, 7) is 3.49. The molecule has 2 N–H and O–H groups in total. The van der Waals surface area contributed by atoms with Crippen LogP contribution in [0.2, 0.25) is 0 Å². The predicted molar refractivity (Wildman–Crippen MR) is 84.1 cm³/mol. The molecule has 1 aromatic rings. The molecule has 0 aromatic heterocycles. The maximum absolute atomic E-state index is 11.6. The first-order valence-corrected chi connectivity index (χ1v) is 6.92. The molecular weight excluding hydrogens is 304 g/mol. The van der Waals surface area contributed by atoms with Crippen molar-refractivity contribution in [1.29, 1.82) is 0 Å². The number of hydrogen-bond donors (Lipinski definition) is 2. The zero-order valence-electron chi connectivity index (χ0n) is 12.8. The van der Waals surface area contributed by atoms with Crippen LogP contribution in [0.3, 0.4) is 0 Å². The van der Waals surface area contributed by atoms with E-state index in [0.717, 1.165) is 12.6 Å². The molecule has 9 heteroatoms. The van der Waals surface area contributed by atoms with Crippen LogP contribution in [0.5, 0.6) is 0 Å². The van der Waals surface area contributed by atoms with Gasteiger partial charge in [-0.1, -0.05) is 18.1 Å². The number of carbonyl (C=O) groups excluding carboxylic acids is 2. The van der Waals surface area contributed by atoms with Gasteiger partial charge in [0.15, 0.2) is 6.61 Å². The highest BCUT2D eigenvalue weighted by Gasteiger charge is 2.07. The number of non-ortho nitro benzene ring substituents is 1. The molecule has 0 bridgehead atoms. The monoisotopic (exact) mass is 322 g/mol. The Labute approximate surface area is 132 Å². The highest BCUT2D eigenvalue weighted by Crippen LogP contribution is 2.16. The molecule has 0 fully saturated rings. The smallest absolute Gasteiger partial charge is 0.271 e. The second-order valence-corrected chi connectivity index (χ2v) is 4.68. The van der Waals surface area contributed by atoms with Gasteiger partial charge in [-0.25, -0.2) is 0 Å². The fourth-order valence-corrected chi connectivity index (χ4v) is 1.47. The number of nitro groups is 1. The van der Waals surface area contributed by atoms with Crippen LogP contribution in [0.1, 0.15) is 20.3 Å². The summed E-state index contributed by atoms with van der Waals surface area (Å²) in [5, 5.41) is 19.1. The van der Waals surface area contributed by atoms with Gasteiger partial charge >= 0.3 is 0 Å². The maximum atomic E-state index is 11.6. The van der Waals surface area contributed by atoms with Gasteiger partial charge in [0.2, 0.25) is 0 Å². The lowest BCUT2D eigenvalue weighted by atomic mass is 10.2. The minimum Gasteiger partial charge on any atom is -0.386 e. The summed E-state index contributed by atoms with van der Waals surface area (Å²) in [5.41, 5.74) is 0.114. The normalized spacial score (nSPS) is 11.7. The number of nitro benzene ring substituents is 1. The average molecular weight is 322 g/mol. The van der Waals surface area contributed by atoms with Crippen LogP contribution in [0, 0.1) is 10.1 Å². The Morgan fingerprint density at radius 3 is 2.87 bits per heavy atom.